The van der Waals surface area contributed by atoms with Crippen LogP contribution in [0.4, 0.5) is 0 Å². The zero-order chi connectivity index (χ0) is 14.0. The van der Waals surface area contributed by atoms with Crippen molar-refractivity contribution >= 4 is 5.91 Å². The number of carbonyl (C=O) groups is 1. The smallest absolute Gasteiger partial charge is 0.231 e. The van der Waals surface area contributed by atoms with Crippen molar-refractivity contribution in [2.24, 2.45) is 11.3 Å². The lowest BCUT2D eigenvalue weighted by atomic mass is 9.74. The van der Waals surface area contributed by atoms with Crippen molar-refractivity contribution in [2.75, 3.05) is 19.6 Å². The molecular formula is C15H28N2O. The number of rotatable bonds is 4. The number of nitrogens with zero attached hydrogens (tertiary/aromatic N) is 1. The molecule has 1 saturated heterocycles. The van der Waals surface area contributed by atoms with Gasteiger partial charge in [-0.2, -0.15) is 0 Å². The molecule has 0 bridgehead atoms. The summed E-state index contributed by atoms with van der Waals surface area (Å²) >= 11 is 0. The van der Waals surface area contributed by atoms with Crippen molar-refractivity contribution in [3.63, 3.8) is 0 Å². The Morgan fingerprint density at radius 1 is 1.50 bits per heavy atom. The number of amides is 1. The van der Waals surface area contributed by atoms with Crippen LogP contribution in [0.15, 0.2) is 12.7 Å². The van der Waals surface area contributed by atoms with Crippen molar-refractivity contribution in [3.05, 3.63) is 12.7 Å². The monoisotopic (exact) mass is 252 g/mol. The van der Waals surface area contributed by atoms with E-state index in [1.165, 1.54) is 0 Å². The van der Waals surface area contributed by atoms with E-state index >= 15 is 0 Å². The minimum atomic E-state index is -0.240. The van der Waals surface area contributed by atoms with Crippen LogP contribution < -0.4 is 5.32 Å². The number of carbonyl (C=O) groups excluding carboxylic acids is 1. The fourth-order valence-electron chi connectivity index (χ4n) is 2.69. The Bertz CT molecular complexity index is 309. The predicted molar refractivity (Wildman–Crippen MR) is 76.4 cm³/mol. The second-order valence-corrected chi connectivity index (χ2v) is 6.61. The zero-order valence-electron chi connectivity index (χ0n) is 12.5. The van der Waals surface area contributed by atoms with Gasteiger partial charge in [0.05, 0.1) is 5.41 Å². The quantitative estimate of drug-likeness (QED) is 0.779. The zero-order valence-corrected chi connectivity index (χ0v) is 12.5. The fourth-order valence-corrected chi connectivity index (χ4v) is 2.69. The average molecular weight is 252 g/mol. The van der Waals surface area contributed by atoms with E-state index in [0.717, 1.165) is 19.5 Å². The molecule has 0 aliphatic carbocycles. The minimum Gasteiger partial charge on any atom is -0.334 e. The molecule has 3 nitrogen and oxygen atoms in total. The Balaban J connectivity index is 3.04. The molecule has 1 amide bonds. The second-order valence-electron chi connectivity index (χ2n) is 6.61. The van der Waals surface area contributed by atoms with Crippen LogP contribution in [0.5, 0.6) is 0 Å². The second kappa shape index (κ2) is 5.43. The van der Waals surface area contributed by atoms with Gasteiger partial charge in [0.25, 0.3) is 0 Å². The van der Waals surface area contributed by atoms with E-state index in [0.29, 0.717) is 12.5 Å². The Labute approximate surface area is 112 Å². The Kier molecular flexibility index (Phi) is 4.60. The largest absolute Gasteiger partial charge is 0.334 e. The van der Waals surface area contributed by atoms with Crippen LogP contribution >= 0.6 is 0 Å². The van der Waals surface area contributed by atoms with E-state index < -0.39 is 0 Å². The summed E-state index contributed by atoms with van der Waals surface area (Å²) < 4.78 is 0. The Morgan fingerprint density at radius 2 is 2.11 bits per heavy atom. The first-order chi connectivity index (χ1) is 8.25. The van der Waals surface area contributed by atoms with Crippen LogP contribution in [0.3, 0.4) is 0 Å². The van der Waals surface area contributed by atoms with Gasteiger partial charge < -0.3 is 10.2 Å². The third-order valence-corrected chi connectivity index (χ3v) is 4.09. The molecule has 1 unspecified atom stereocenters. The molecule has 1 heterocycles. The van der Waals surface area contributed by atoms with E-state index in [1.54, 1.807) is 0 Å². The molecule has 1 aliphatic rings. The van der Waals surface area contributed by atoms with Crippen LogP contribution in [0.2, 0.25) is 0 Å². The molecule has 0 spiro atoms. The first kappa shape index (κ1) is 15.2. The van der Waals surface area contributed by atoms with Gasteiger partial charge in [-0.05, 0) is 39.7 Å². The molecule has 104 valence electrons. The first-order valence-corrected chi connectivity index (χ1v) is 6.89. The molecule has 0 aromatic heterocycles. The van der Waals surface area contributed by atoms with Gasteiger partial charge >= 0.3 is 0 Å². The predicted octanol–water partition coefficient (Wildman–Crippen LogP) is 2.44. The fraction of sp³-hybridized carbons (Fsp3) is 0.800. The SMILES string of the molecule is C=CCN(C(=O)C1(C(C)C)CCNC1)C(C)(C)C. The molecule has 1 aliphatic heterocycles. The topological polar surface area (TPSA) is 32.3 Å². The summed E-state index contributed by atoms with van der Waals surface area (Å²) in [7, 11) is 0. The van der Waals surface area contributed by atoms with Gasteiger partial charge in [0, 0.05) is 18.6 Å². The maximum Gasteiger partial charge on any atom is 0.231 e. The number of hydrogen-bond acceptors (Lipinski definition) is 2. The highest BCUT2D eigenvalue weighted by atomic mass is 16.2. The molecule has 0 saturated carbocycles. The maximum absolute atomic E-state index is 13.0. The van der Waals surface area contributed by atoms with Crippen LogP contribution in [-0.2, 0) is 4.79 Å². The standard InChI is InChI=1S/C15H28N2O/c1-7-10-17(14(4,5)6)13(18)15(12(2)3)8-9-16-11-15/h7,12,16H,1,8-11H2,2-6H3. The highest BCUT2D eigenvalue weighted by Gasteiger charge is 2.47. The lowest BCUT2D eigenvalue weighted by Gasteiger charge is -2.43. The van der Waals surface area contributed by atoms with Crippen molar-refractivity contribution in [1.29, 1.82) is 0 Å². The molecule has 0 aromatic carbocycles. The van der Waals surface area contributed by atoms with Gasteiger partial charge in [-0.3, -0.25) is 4.79 Å². The molecule has 1 rings (SSSR count). The van der Waals surface area contributed by atoms with E-state index in [4.69, 9.17) is 0 Å². The molecule has 1 N–H and O–H groups in total. The van der Waals surface area contributed by atoms with Gasteiger partial charge in [-0.15, -0.1) is 6.58 Å². The number of hydrogen-bond donors (Lipinski definition) is 1. The summed E-state index contributed by atoms with van der Waals surface area (Å²) in [6.07, 6.45) is 2.76. The summed E-state index contributed by atoms with van der Waals surface area (Å²) in [5, 5.41) is 3.35. The van der Waals surface area contributed by atoms with E-state index in [2.05, 4.69) is 46.5 Å². The molecule has 0 aromatic rings. The van der Waals surface area contributed by atoms with Crippen LogP contribution in [0, 0.1) is 11.3 Å². The van der Waals surface area contributed by atoms with Crippen LogP contribution in [-0.4, -0.2) is 36.0 Å². The minimum absolute atomic E-state index is 0.157. The van der Waals surface area contributed by atoms with E-state index in [9.17, 15) is 4.79 Å². The normalized spacial score (nSPS) is 24.3. The third kappa shape index (κ3) is 2.77. The Hall–Kier alpha value is -0.830. The summed E-state index contributed by atoms with van der Waals surface area (Å²) in [5.41, 5.74) is -0.397. The van der Waals surface area contributed by atoms with Gasteiger partial charge in [0.1, 0.15) is 0 Å². The van der Waals surface area contributed by atoms with Crippen molar-refractivity contribution < 1.29 is 4.79 Å². The van der Waals surface area contributed by atoms with Gasteiger partial charge in [0.2, 0.25) is 5.91 Å². The van der Waals surface area contributed by atoms with Crippen LogP contribution in [0.25, 0.3) is 0 Å². The summed E-state index contributed by atoms with van der Waals surface area (Å²) in [6, 6.07) is 0. The van der Waals surface area contributed by atoms with Crippen molar-refractivity contribution in [1.82, 2.24) is 10.2 Å². The van der Waals surface area contributed by atoms with Gasteiger partial charge in [0.15, 0.2) is 0 Å². The summed E-state index contributed by atoms with van der Waals surface area (Å²) in [4.78, 5) is 14.9. The van der Waals surface area contributed by atoms with E-state index in [-0.39, 0.29) is 16.9 Å². The molecule has 18 heavy (non-hydrogen) atoms. The first-order valence-electron chi connectivity index (χ1n) is 6.89. The highest BCUT2D eigenvalue weighted by Crippen LogP contribution is 2.37. The van der Waals surface area contributed by atoms with Crippen molar-refractivity contribution in [3.8, 4) is 0 Å². The number of nitrogens with one attached hydrogen (secondary N) is 1. The van der Waals surface area contributed by atoms with Crippen LogP contribution in [0.1, 0.15) is 41.0 Å². The maximum atomic E-state index is 13.0. The molecular weight excluding hydrogens is 224 g/mol. The average Bonchev–Trinajstić information content (AvgIpc) is 2.73. The lowest BCUT2D eigenvalue weighted by Crippen LogP contribution is -2.54. The molecule has 0 radical (unpaired) electrons. The Morgan fingerprint density at radius 3 is 2.44 bits per heavy atom. The third-order valence-electron chi connectivity index (χ3n) is 4.09. The summed E-state index contributed by atoms with van der Waals surface area (Å²) in [6.45, 7) is 16.7. The highest BCUT2D eigenvalue weighted by molar-refractivity contribution is 5.84. The van der Waals surface area contributed by atoms with Gasteiger partial charge in [-0.1, -0.05) is 19.9 Å². The lowest BCUT2D eigenvalue weighted by molar-refractivity contribution is -0.148. The molecule has 1 fully saturated rings. The van der Waals surface area contributed by atoms with Gasteiger partial charge in [-0.25, -0.2) is 0 Å². The summed E-state index contributed by atoms with van der Waals surface area (Å²) in [5.74, 6) is 0.629. The van der Waals surface area contributed by atoms with E-state index in [1.807, 2.05) is 11.0 Å². The van der Waals surface area contributed by atoms with Crippen molar-refractivity contribution in [2.45, 2.75) is 46.6 Å². The molecule has 3 heteroatoms. The molecule has 1 atom stereocenters.